The lowest BCUT2D eigenvalue weighted by molar-refractivity contribution is -0.123. The maximum Gasteiger partial charge on any atom is 0.490 e. The molecule has 0 saturated carbocycles. The predicted molar refractivity (Wildman–Crippen MR) is 172 cm³/mol. The van der Waals surface area contributed by atoms with Gasteiger partial charge in [0.1, 0.15) is 37.3 Å². The van der Waals surface area contributed by atoms with Gasteiger partial charge in [-0.3, -0.25) is 13.9 Å². The number of alkyl carbamates (subject to hydrolysis) is 1. The number of aromatic nitrogens is 2. The van der Waals surface area contributed by atoms with Crippen molar-refractivity contribution < 1.29 is 75.0 Å². The van der Waals surface area contributed by atoms with E-state index in [9.17, 15) is 42.7 Å². The van der Waals surface area contributed by atoms with E-state index in [1.807, 2.05) is 0 Å². The van der Waals surface area contributed by atoms with Gasteiger partial charge in [-0.05, 0) is 24.4 Å². The van der Waals surface area contributed by atoms with Crippen molar-refractivity contribution in [3.8, 4) is 11.8 Å². The molecule has 1 fully saturated rings. The number of azide groups is 2. The number of nitrogens with zero attached hydrogens (tertiary/aromatic N) is 8. The van der Waals surface area contributed by atoms with Crippen LogP contribution in [0.1, 0.15) is 38.0 Å². The molecule has 2 rings (SSSR count). The van der Waals surface area contributed by atoms with Crippen LogP contribution in [0.5, 0.6) is 0 Å². The van der Waals surface area contributed by atoms with E-state index in [4.69, 9.17) is 40.8 Å². The lowest BCUT2D eigenvalue weighted by Gasteiger charge is -2.21. The van der Waals surface area contributed by atoms with E-state index in [1.165, 1.54) is 6.92 Å². The van der Waals surface area contributed by atoms with Crippen molar-refractivity contribution in [1.29, 1.82) is 0 Å². The highest BCUT2D eigenvalue weighted by Crippen LogP contribution is 2.66. The van der Waals surface area contributed by atoms with E-state index in [0.717, 1.165) is 10.8 Å². The van der Waals surface area contributed by atoms with Gasteiger partial charge in [-0.1, -0.05) is 22.1 Å². The molecular formula is C22H32N11O17P3. The molecule has 1 saturated heterocycles. The largest absolute Gasteiger partial charge is 0.490 e. The summed E-state index contributed by atoms with van der Waals surface area (Å²) in [6, 6.07) is -1.40. The molecule has 8 N–H and O–H groups in total. The second kappa shape index (κ2) is 20.7. The Morgan fingerprint density at radius 1 is 1.17 bits per heavy atom. The number of phosphoric acid groups is 3. The molecule has 2 amide bonds. The van der Waals surface area contributed by atoms with Crippen molar-refractivity contribution in [1.82, 2.24) is 20.2 Å². The number of amides is 2. The maximum absolute atomic E-state index is 12.7. The Morgan fingerprint density at radius 2 is 1.89 bits per heavy atom. The first-order valence-electron chi connectivity index (χ1n) is 14.4. The topological polar surface area (TPSA) is 421 Å². The van der Waals surface area contributed by atoms with Crippen molar-refractivity contribution in [3.63, 3.8) is 0 Å². The van der Waals surface area contributed by atoms with Crippen LogP contribution in [0.15, 0.2) is 21.2 Å². The quantitative estimate of drug-likeness (QED) is 0.0233. The van der Waals surface area contributed by atoms with Gasteiger partial charge in [0, 0.05) is 35.4 Å². The fourth-order valence-corrected chi connectivity index (χ4v) is 6.99. The number of phosphoric ester groups is 1. The number of hydrogen-bond donors (Lipinski definition) is 7. The van der Waals surface area contributed by atoms with Crippen LogP contribution in [0.25, 0.3) is 20.9 Å². The van der Waals surface area contributed by atoms with Crippen LogP contribution < -0.4 is 22.1 Å². The Kier molecular flexibility index (Phi) is 17.5. The molecule has 31 heteroatoms. The van der Waals surface area contributed by atoms with Crippen LogP contribution in [0, 0.1) is 11.8 Å². The standard InChI is InChI=1S/C22H32N11O17P3/c1-13(34)4-2-6-26-20(35)15(30-32-25)10-45-22(37)27-7-3-5-14-9-33(21(36)29-19(14)23)18-8-16(46-12-28-31-24)17(48-18)11-47-52(41,42)50-53(43,44)49-51(38,39)40/h9,15-18H,2,4,6-8,10-12H2,1H3,(H,26,35)(H,27,37)(H,41,42)(H,43,44)(H2,23,29,36)(H2,38,39,40)/t15?,16?,17-,18-/m1/s1. The van der Waals surface area contributed by atoms with Crippen LogP contribution >= 0.6 is 23.5 Å². The lowest BCUT2D eigenvalue weighted by atomic mass is 10.2. The molecular weight excluding hydrogens is 783 g/mol. The second-order valence-electron chi connectivity index (χ2n) is 10.1. The highest BCUT2D eigenvalue weighted by Gasteiger charge is 2.43. The number of nitrogen functional groups attached to an aromatic ring is 1. The van der Waals surface area contributed by atoms with E-state index in [1.54, 1.807) is 0 Å². The third-order valence-electron chi connectivity index (χ3n) is 6.11. The van der Waals surface area contributed by atoms with Crippen LogP contribution in [-0.2, 0) is 50.6 Å². The molecule has 292 valence electrons. The van der Waals surface area contributed by atoms with Gasteiger partial charge in [0.05, 0.1) is 24.8 Å². The summed E-state index contributed by atoms with van der Waals surface area (Å²) in [5.41, 5.74) is 22.0. The first kappa shape index (κ1) is 44.8. The van der Waals surface area contributed by atoms with E-state index in [0.29, 0.717) is 6.42 Å². The number of ether oxygens (including phenoxy) is 3. The van der Waals surface area contributed by atoms with Crippen LogP contribution in [0.2, 0.25) is 0 Å². The minimum atomic E-state index is -5.82. The molecule has 0 aliphatic carbocycles. The summed E-state index contributed by atoms with van der Waals surface area (Å²) in [6.45, 7) is -1.04. The summed E-state index contributed by atoms with van der Waals surface area (Å²) in [6.07, 6.45) is -3.40. The van der Waals surface area contributed by atoms with Gasteiger partial charge in [-0.2, -0.15) is 13.6 Å². The molecule has 28 nitrogen and oxygen atoms in total. The van der Waals surface area contributed by atoms with Gasteiger partial charge >= 0.3 is 35.3 Å². The Labute approximate surface area is 297 Å². The third kappa shape index (κ3) is 16.9. The van der Waals surface area contributed by atoms with Crippen molar-refractivity contribution in [2.45, 2.75) is 50.7 Å². The Morgan fingerprint density at radius 3 is 2.53 bits per heavy atom. The zero-order valence-electron chi connectivity index (χ0n) is 27.1. The van der Waals surface area contributed by atoms with Gasteiger partial charge in [0.15, 0.2) is 6.04 Å². The minimum Gasteiger partial charge on any atom is -0.449 e. The molecule has 1 aliphatic heterocycles. The fourth-order valence-electron chi connectivity index (χ4n) is 3.96. The zero-order valence-corrected chi connectivity index (χ0v) is 29.8. The molecule has 0 bridgehead atoms. The predicted octanol–water partition coefficient (Wildman–Crippen LogP) is 0.351. The number of carbonyl (C=O) groups excluding carboxylic acids is 3. The maximum atomic E-state index is 12.7. The van der Waals surface area contributed by atoms with Crippen molar-refractivity contribution >= 4 is 47.1 Å². The number of hydrogen-bond acceptors (Lipinski definition) is 17. The first-order valence-corrected chi connectivity index (χ1v) is 18.9. The van der Waals surface area contributed by atoms with Gasteiger partial charge in [0.25, 0.3) is 0 Å². The Bertz CT molecular complexity index is 1870. The Hall–Kier alpha value is -4.40. The third-order valence-corrected chi connectivity index (χ3v) is 9.92. The van der Waals surface area contributed by atoms with Crippen LogP contribution in [0.4, 0.5) is 10.6 Å². The second-order valence-corrected chi connectivity index (χ2v) is 14.5. The number of nitrogens with one attached hydrogen (secondary N) is 2. The Balaban J connectivity index is 2.08. The molecule has 53 heavy (non-hydrogen) atoms. The number of rotatable bonds is 20. The highest BCUT2D eigenvalue weighted by atomic mass is 31.3. The van der Waals surface area contributed by atoms with E-state index < -0.39 is 85.6 Å². The summed E-state index contributed by atoms with van der Waals surface area (Å²) >= 11 is 0. The summed E-state index contributed by atoms with van der Waals surface area (Å²) in [5.74, 6) is 3.92. The summed E-state index contributed by atoms with van der Waals surface area (Å²) in [5, 5.41) is 11.2. The average molecular weight is 815 g/mol. The van der Waals surface area contributed by atoms with Gasteiger partial charge in [-0.15, -0.1) is 0 Å². The van der Waals surface area contributed by atoms with Gasteiger partial charge < -0.3 is 54.9 Å². The number of nitrogens with two attached hydrogens (primary N) is 1. The number of ketones is 1. The monoisotopic (exact) mass is 815 g/mol. The summed E-state index contributed by atoms with van der Waals surface area (Å²) in [4.78, 5) is 93.2. The van der Waals surface area contributed by atoms with Crippen LogP contribution in [-0.4, -0.2) is 98.2 Å². The lowest BCUT2D eigenvalue weighted by Crippen LogP contribution is -2.38. The molecule has 1 aliphatic rings. The number of anilines is 1. The highest BCUT2D eigenvalue weighted by molar-refractivity contribution is 7.66. The van der Waals surface area contributed by atoms with E-state index in [-0.39, 0.29) is 43.1 Å². The van der Waals surface area contributed by atoms with Crippen molar-refractivity contribution in [3.05, 3.63) is 43.1 Å². The van der Waals surface area contributed by atoms with Gasteiger partial charge in [0.2, 0.25) is 5.91 Å². The molecule has 6 atom stereocenters. The number of carbonyl (C=O) groups is 3. The normalized spacial score (nSPS) is 19.5. The molecule has 4 unspecified atom stereocenters. The molecule has 0 spiro atoms. The minimum absolute atomic E-state index is 0.0588. The van der Waals surface area contributed by atoms with Crippen molar-refractivity contribution in [2.24, 2.45) is 10.2 Å². The SMILES string of the molecule is CC(=O)CCCNC(=O)C(COC(=O)NCC#Cc1cn([C@H]2CC(OCN=[N+]=[N-])[C@@H](COP(=O)(O)OP(=O)(O)OP(=O)(O)O)O2)c(=O)nc1N)N=[N+]=[N-]. The molecule has 1 aromatic heterocycles. The molecule has 2 heterocycles. The molecule has 1 aromatic rings. The van der Waals surface area contributed by atoms with E-state index in [2.05, 4.69) is 60.7 Å². The fraction of sp³-hybridized carbons (Fsp3) is 0.591. The summed E-state index contributed by atoms with van der Waals surface area (Å²) < 4.78 is 63.4. The van der Waals surface area contributed by atoms with E-state index >= 15 is 0 Å². The smallest absolute Gasteiger partial charge is 0.449 e. The average Bonchev–Trinajstić information content (AvgIpc) is 3.44. The molecule has 0 aromatic carbocycles. The number of Topliss-reactive ketones (excluding diaryl/α,β-unsaturated/α-hetero) is 1. The van der Waals surface area contributed by atoms with Gasteiger partial charge in [-0.25, -0.2) is 23.3 Å². The first-order chi connectivity index (χ1) is 24.8. The summed E-state index contributed by atoms with van der Waals surface area (Å²) in [7, 11) is -17.0. The molecule has 0 radical (unpaired) electrons. The van der Waals surface area contributed by atoms with Crippen molar-refractivity contribution in [2.75, 3.05) is 38.8 Å². The van der Waals surface area contributed by atoms with Crippen LogP contribution in [0.3, 0.4) is 0 Å². The zero-order chi connectivity index (χ0) is 39.8.